The number of ether oxygens (including phenoxy) is 1. The minimum Gasteiger partial charge on any atom is -0.489 e. The Morgan fingerprint density at radius 3 is 2.52 bits per heavy atom. The molecule has 3 aromatic rings. The second kappa shape index (κ2) is 10.8. The summed E-state index contributed by atoms with van der Waals surface area (Å²) in [4.78, 5) is 10.9. The third-order valence-electron chi connectivity index (χ3n) is 4.95. The molecule has 0 aliphatic heterocycles. The normalized spacial score (nSPS) is 12.0. The highest BCUT2D eigenvalue weighted by Gasteiger charge is 2.20. The molecule has 170 valence electrons. The first-order valence-corrected chi connectivity index (χ1v) is 11.8. The van der Waals surface area contributed by atoms with Crippen molar-refractivity contribution in [1.82, 2.24) is 4.72 Å². The van der Waals surface area contributed by atoms with E-state index in [-0.39, 0.29) is 23.8 Å². The lowest BCUT2D eigenvalue weighted by Crippen LogP contribution is -2.29. The minimum absolute atomic E-state index is 0.0305. The Morgan fingerprint density at radius 2 is 1.82 bits per heavy atom. The Morgan fingerprint density at radius 1 is 1.09 bits per heavy atom. The van der Waals surface area contributed by atoms with Gasteiger partial charge in [0, 0.05) is 18.5 Å². The van der Waals surface area contributed by atoms with Gasteiger partial charge in [-0.2, -0.15) is 5.26 Å². The van der Waals surface area contributed by atoms with Crippen LogP contribution in [-0.4, -0.2) is 26.0 Å². The molecule has 0 fully saturated rings. The standard InChI is InChI=1S/C25H24N2O5S/c1-18(13-25(28)29)16-27-33(30,31)24-8-3-2-7-23(24)21-9-11-22(12-10-21)32-17-20-6-4-5-19(14-20)15-26/h2-12,14,18,27H,13,16-17H2,1H3,(H,28,29). The van der Waals surface area contributed by atoms with Gasteiger partial charge in [-0.3, -0.25) is 4.79 Å². The van der Waals surface area contributed by atoms with Crippen LogP contribution in [0.5, 0.6) is 5.75 Å². The van der Waals surface area contributed by atoms with E-state index in [0.29, 0.717) is 29.0 Å². The van der Waals surface area contributed by atoms with E-state index in [1.54, 1.807) is 67.6 Å². The number of nitrogens with one attached hydrogen (secondary N) is 1. The molecule has 0 saturated carbocycles. The zero-order chi connectivity index (χ0) is 23.8. The average molecular weight is 465 g/mol. The predicted molar refractivity (Wildman–Crippen MR) is 124 cm³/mol. The summed E-state index contributed by atoms with van der Waals surface area (Å²) in [5.74, 6) is -0.695. The van der Waals surface area contributed by atoms with E-state index in [0.717, 1.165) is 5.56 Å². The number of sulfonamides is 1. The molecule has 0 amide bonds. The number of hydrogen-bond acceptors (Lipinski definition) is 5. The molecule has 1 unspecified atom stereocenters. The number of aliphatic carboxylic acids is 1. The van der Waals surface area contributed by atoms with Gasteiger partial charge >= 0.3 is 5.97 Å². The van der Waals surface area contributed by atoms with Crippen LogP contribution in [-0.2, 0) is 21.4 Å². The first-order valence-electron chi connectivity index (χ1n) is 10.3. The van der Waals surface area contributed by atoms with Crippen LogP contribution >= 0.6 is 0 Å². The highest BCUT2D eigenvalue weighted by molar-refractivity contribution is 7.89. The maximum absolute atomic E-state index is 12.9. The van der Waals surface area contributed by atoms with Crippen LogP contribution in [0.1, 0.15) is 24.5 Å². The third kappa shape index (κ3) is 6.65. The van der Waals surface area contributed by atoms with Crippen LogP contribution in [0.2, 0.25) is 0 Å². The number of nitriles is 1. The molecular weight excluding hydrogens is 440 g/mol. The van der Waals surface area contributed by atoms with E-state index in [1.807, 2.05) is 6.07 Å². The molecule has 2 N–H and O–H groups in total. The quantitative estimate of drug-likeness (QED) is 0.465. The maximum atomic E-state index is 12.9. The molecule has 3 rings (SSSR count). The van der Waals surface area contributed by atoms with Gasteiger partial charge in [0.2, 0.25) is 10.0 Å². The van der Waals surface area contributed by atoms with Gasteiger partial charge in [-0.1, -0.05) is 49.4 Å². The Labute approximate surface area is 193 Å². The lowest BCUT2D eigenvalue weighted by molar-refractivity contribution is -0.137. The second-order valence-electron chi connectivity index (χ2n) is 7.68. The lowest BCUT2D eigenvalue weighted by Gasteiger charge is -2.14. The average Bonchev–Trinajstić information content (AvgIpc) is 2.81. The van der Waals surface area contributed by atoms with Crippen LogP contribution in [0, 0.1) is 17.2 Å². The fourth-order valence-corrected chi connectivity index (χ4v) is 4.66. The molecule has 0 spiro atoms. The van der Waals surface area contributed by atoms with Gasteiger partial charge in [0.25, 0.3) is 0 Å². The zero-order valence-corrected chi connectivity index (χ0v) is 18.9. The van der Waals surface area contributed by atoms with Crippen LogP contribution in [0.15, 0.2) is 77.7 Å². The van der Waals surface area contributed by atoms with Gasteiger partial charge in [-0.05, 0) is 47.4 Å². The van der Waals surface area contributed by atoms with Gasteiger partial charge in [0.05, 0.1) is 16.5 Å². The number of nitrogens with zero attached hydrogens (tertiary/aromatic N) is 1. The van der Waals surface area contributed by atoms with Crippen molar-refractivity contribution in [2.75, 3.05) is 6.54 Å². The molecule has 0 aliphatic rings. The van der Waals surface area contributed by atoms with Crippen molar-refractivity contribution in [3.8, 4) is 22.9 Å². The summed E-state index contributed by atoms with van der Waals surface area (Å²) in [6.07, 6.45) is -0.119. The Kier molecular flexibility index (Phi) is 7.83. The molecule has 3 aromatic carbocycles. The lowest BCUT2D eigenvalue weighted by atomic mass is 10.1. The van der Waals surface area contributed by atoms with Gasteiger partial charge in [0.15, 0.2) is 0 Å². The molecule has 0 aliphatic carbocycles. The van der Waals surface area contributed by atoms with E-state index < -0.39 is 16.0 Å². The van der Waals surface area contributed by atoms with E-state index in [9.17, 15) is 13.2 Å². The topological polar surface area (TPSA) is 116 Å². The molecule has 0 aromatic heterocycles. The molecular formula is C25H24N2O5S. The number of benzene rings is 3. The predicted octanol–water partition coefficient (Wildman–Crippen LogP) is 4.19. The number of carboxylic acids is 1. The van der Waals surface area contributed by atoms with E-state index in [2.05, 4.69) is 10.8 Å². The maximum Gasteiger partial charge on any atom is 0.303 e. The van der Waals surface area contributed by atoms with Crippen LogP contribution in [0.25, 0.3) is 11.1 Å². The largest absolute Gasteiger partial charge is 0.489 e. The van der Waals surface area contributed by atoms with E-state index >= 15 is 0 Å². The summed E-state index contributed by atoms with van der Waals surface area (Å²) in [7, 11) is -3.83. The summed E-state index contributed by atoms with van der Waals surface area (Å²) in [5, 5.41) is 17.9. The van der Waals surface area contributed by atoms with Crippen molar-refractivity contribution in [1.29, 1.82) is 5.26 Å². The van der Waals surface area contributed by atoms with Crippen molar-refractivity contribution in [2.45, 2.75) is 24.8 Å². The van der Waals surface area contributed by atoms with E-state index in [4.69, 9.17) is 15.1 Å². The first kappa shape index (κ1) is 24.0. The smallest absolute Gasteiger partial charge is 0.303 e. The van der Waals surface area contributed by atoms with Crippen LogP contribution < -0.4 is 9.46 Å². The van der Waals surface area contributed by atoms with E-state index in [1.165, 1.54) is 6.07 Å². The highest BCUT2D eigenvalue weighted by Crippen LogP contribution is 2.29. The highest BCUT2D eigenvalue weighted by atomic mass is 32.2. The van der Waals surface area contributed by atoms with Crippen LogP contribution in [0.4, 0.5) is 0 Å². The molecule has 1 atom stereocenters. The summed E-state index contributed by atoms with van der Waals surface area (Å²) in [5.41, 5.74) is 2.67. The summed E-state index contributed by atoms with van der Waals surface area (Å²) in [6, 6.07) is 23.0. The molecule has 33 heavy (non-hydrogen) atoms. The second-order valence-corrected chi connectivity index (χ2v) is 9.41. The monoisotopic (exact) mass is 464 g/mol. The minimum atomic E-state index is -3.83. The molecule has 0 bridgehead atoms. The summed E-state index contributed by atoms with van der Waals surface area (Å²) < 4.78 is 34.1. The molecule has 8 heteroatoms. The number of carbonyl (C=O) groups is 1. The SMILES string of the molecule is CC(CNS(=O)(=O)c1ccccc1-c1ccc(OCc2cccc(C#N)c2)cc1)CC(=O)O. The fourth-order valence-electron chi connectivity index (χ4n) is 3.27. The molecule has 0 radical (unpaired) electrons. The molecule has 0 heterocycles. The zero-order valence-electron chi connectivity index (χ0n) is 18.1. The van der Waals surface area contributed by atoms with Crippen LogP contribution in [0.3, 0.4) is 0 Å². The van der Waals surface area contributed by atoms with Crippen molar-refractivity contribution in [3.63, 3.8) is 0 Å². The first-order chi connectivity index (χ1) is 15.8. The van der Waals surface area contributed by atoms with Gasteiger partial charge in [-0.25, -0.2) is 13.1 Å². The Bertz CT molecular complexity index is 1260. The van der Waals surface area contributed by atoms with Crippen molar-refractivity contribution >= 4 is 16.0 Å². The third-order valence-corrected chi connectivity index (χ3v) is 6.43. The van der Waals surface area contributed by atoms with Gasteiger partial charge in [-0.15, -0.1) is 0 Å². The fraction of sp³-hybridized carbons (Fsp3) is 0.200. The number of hydrogen-bond donors (Lipinski definition) is 2. The molecule has 7 nitrogen and oxygen atoms in total. The Hall–Kier alpha value is -3.67. The van der Waals surface area contributed by atoms with Crippen molar-refractivity contribution in [3.05, 3.63) is 83.9 Å². The summed E-state index contributed by atoms with van der Waals surface area (Å²) in [6.45, 7) is 2.01. The van der Waals surface area contributed by atoms with Crippen molar-refractivity contribution in [2.24, 2.45) is 5.92 Å². The molecule has 0 saturated heterocycles. The van der Waals surface area contributed by atoms with Gasteiger partial charge < -0.3 is 9.84 Å². The van der Waals surface area contributed by atoms with Gasteiger partial charge in [0.1, 0.15) is 12.4 Å². The number of carboxylic acid groups (broad SMARTS) is 1. The summed E-state index contributed by atoms with van der Waals surface area (Å²) >= 11 is 0. The number of rotatable bonds is 10. The Balaban J connectivity index is 1.73. The van der Waals surface area contributed by atoms with Crippen molar-refractivity contribution < 1.29 is 23.1 Å².